The molecule has 0 aromatic heterocycles. The van der Waals surface area contributed by atoms with Gasteiger partial charge in [0.1, 0.15) is 5.56 Å². The second kappa shape index (κ2) is 2.61. The van der Waals surface area contributed by atoms with Crippen molar-refractivity contribution in [2.24, 2.45) is 0 Å². The number of benzene rings is 1. The van der Waals surface area contributed by atoms with Crippen LogP contribution >= 0.6 is 0 Å². The minimum atomic E-state index is 1.05. The van der Waals surface area contributed by atoms with E-state index in [4.69, 9.17) is 0 Å². The Morgan fingerprint density at radius 1 is 1.50 bits per heavy atom. The molecule has 0 bridgehead atoms. The topological polar surface area (TPSA) is 0 Å². The van der Waals surface area contributed by atoms with Crippen LogP contribution in [0.2, 0.25) is 0 Å². The number of rotatable bonds is 1. The van der Waals surface area contributed by atoms with Gasteiger partial charge in [-0.3, -0.25) is 0 Å². The average molecular weight is 131 g/mol. The van der Waals surface area contributed by atoms with Gasteiger partial charge in [-0.05, 0) is 19.1 Å². The van der Waals surface area contributed by atoms with Crippen molar-refractivity contribution >= 4 is 6.08 Å². The van der Waals surface area contributed by atoms with E-state index in [1.807, 2.05) is 12.1 Å². The van der Waals surface area contributed by atoms with Crippen LogP contribution in [0.25, 0.3) is 6.08 Å². The van der Waals surface area contributed by atoms with Gasteiger partial charge >= 0.3 is 0 Å². The molecule has 0 atom stereocenters. The van der Waals surface area contributed by atoms with Crippen LogP contribution < -0.4 is 0 Å². The van der Waals surface area contributed by atoms with Gasteiger partial charge in [-0.25, -0.2) is 0 Å². The Hall–Kier alpha value is -1.17. The third-order valence-electron chi connectivity index (χ3n) is 1.52. The predicted octanol–water partition coefficient (Wildman–Crippen LogP) is 2.82. The van der Waals surface area contributed by atoms with E-state index >= 15 is 0 Å². The van der Waals surface area contributed by atoms with Crippen molar-refractivity contribution < 1.29 is 0 Å². The van der Waals surface area contributed by atoms with Crippen LogP contribution in [0.1, 0.15) is 16.7 Å². The Morgan fingerprint density at radius 3 is 2.70 bits per heavy atom. The Morgan fingerprint density at radius 2 is 2.20 bits per heavy atom. The second-order valence-corrected chi connectivity index (χ2v) is 2.41. The predicted molar refractivity (Wildman–Crippen MR) is 45.7 cm³/mol. The molecule has 0 saturated carbocycles. The lowest BCUT2D eigenvalue weighted by Gasteiger charge is -1.90. The van der Waals surface area contributed by atoms with Crippen LogP contribution in [0.15, 0.2) is 24.8 Å². The van der Waals surface area contributed by atoms with Crippen molar-refractivity contribution in [3.05, 3.63) is 48.4 Å². The Kier molecular flexibility index (Phi) is 1.81. The lowest BCUT2D eigenvalue weighted by molar-refractivity contribution is 1.43. The Balaban J connectivity index is 3.19. The van der Waals surface area contributed by atoms with Crippen LogP contribution in [-0.4, -0.2) is 0 Å². The van der Waals surface area contributed by atoms with Gasteiger partial charge in [-0.15, -0.1) is 0 Å². The molecule has 0 aliphatic rings. The molecule has 0 fully saturated rings. The molecule has 0 aliphatic carbocycles. The van der Waals surface area contributed by atoms with Gasteiger partial charge in [0.25, 0.3) is 0 Å². The molecule has 0 nitrogen and oxygen atoms in total. The first-order valence-electron chi connectivity index (χ1n) is 3.29. The molecule has 0 heterocycles. The van der Waals surface area contributed by atoms with E-state index in [9.17, 15) is 0 Å². The standard InChI is InChI=1S/C10H11/c1-4-10-6-5-8(2)7-9(10)3/h4-7H,1,3H2,2H3/q+1. The summed E-state index contributed by atoms with van der Waals surface area (Å²) in [5, 5.41) is 0. The Bertz CT molecular complexity index is 246. The van der Waals surface area contributed by atoms with Crippen molar-refractivity contribution in [1.82, 2.24) is 0 Å². The zero-order valence-corrected chi connectivity index (χ0v) is 6.22. The summed E-state index contributed by atoms with van der Waals surface area (Å²) in [6.45, 7) is 9.62. The highest BCUT2D eigenvalue weighted by molar-refractivity contribution is 5.53. The maximum Gasteiger partial charge on any atom is 0.134 e. The number of aryl methyl sites for hydroxylation is 1. The zero-order valence-electron chi connectivity index (χ0n) is 6.22. The van der Waals surface area contributed by atoms with Gasteiger partial charge in [0.2, 0.25) is 0 Å². The molecule has 0 heteroatoms. The molecular weight excluding hydrogens is 120 g/mol. The van der Waals surface area contributed by atoms with E-state index in [2.05, 4.69) is 32.6 Å². The summed E-state index contributed by atoms with van der Waals surface area (Å²) in [6.07, 6.45) is 1.82. The second-order valence-electron chi connectivity index (χ2n) is 2.41. The van der Waals surface area contributed by atoms with Crippen molar-refractivity contribution in [2.75, 3.05) is 0 Å². The molecular formula is C10H11+. The zero-order chi connectivity index (χ0) is 7.56. The quantitative estimate of drug-likeness (QED) is 0.514. The molecule has 0 aliphatic heterocycles. The third-order valence-corrected chi connectivity index (χ3v) is 1.52. The highest BCUT2D eigenvalue weighted by Gasteiger charge is 2.00. The van der Waals surface area contributed by atoms with Crippen LogP contribution in [0.4, 0.5) is 0 Å². The summed E-state index contributed by atoms with van der Waals surface area (Å²) in [7, 11) is 0. The monoisotopic (exact) mass is 131 g/mol. The van der Waals surface area contributed by atoms with E-state index < -0.39 is 0 Å². The minimum Gasteiger partial charge on any atom is -0.0851 e. The van der Waals surface area contributed by atoms with Crippen LogP contribution in [0.5, 0.6) is 0 Å². The molecule has 50 valence electrons. The van der Waals surface area contributed by atoms with E-state index in [1.54, 1.807) is 0 Å². The van der Waals surface area contributed by atoms with Gasteiger partial charge in [-0.1, -0.05) is 6.58 Å². The number of hydrogen-bond donors (Lipinski definition) is 0. The molecule has 0 amide bonds. The average Bonchev–Trinajstić information content (AvgIpc) is 1.88. The van der Waals surface area contributed by atoms with Gasteiger partial charge in [0, 0.05) is 24.6 Å². The summed E-state index contributed by atoms with van der Waals surface area (Å²) in [6, 6.07) is 6.15. The van der Waals surface area contributed by atoms with Crippen LogP contribution in [0, 0.1) is 13.8 Å². The molecule has 0 radical (unpaired) electrons. The molecule has 0 saturated heterocycles. The minimum absolute atomic E-state index is 1.05. The highest BCUT2D eigenvalue weighted by Crippen LogP contribution is 2.10. The first-order chi connectivity index (χ1) is 4.74. The van der Waals surface area contributed by atoms with Gasteiger partial charge in [-0.2, -0.15) is 0 Å². The molecule has 0 N–H and O–H groups in total. The van der Waals surface area contributed by atoms with Crippen LogP contribution in [0.3, 0.4) is 0 Å². The first-order valence-corrected chi connectivity index (χ1v) is 3.29. The Labute approximate surface area is 62.2 Å². The maximum atomic E-state index is 3.88. The summed E-state index contributed by atoms with van der Waals surface area (Å²) >= 11 is 0. The molecule has 1 rings (SSSR count). The SMILES string of the molecule is C=Cc1ccc(C)cc1[CH2+]. The summed E-state index contributed by atoms with van der Waals surface area (Å²) in [5.41, 5.74) is 3.41. The molecule has 1 aromatic carbocycles. The van der Waals surface area contributed by atoms with Crippen molar-refractivity contribution in [3.8, 4) is 0 Å². The van der Waals surface area contributed by atoms with Crippen molar-refractivity contribution in [2.45, 2.75) is 6.92 Å². The third kappa shape index (κ3) is 1.21. The smallest absolute Gasteiger partial charge is 0.0851 e. The van der Waals surface area contributed by atoms with E-state index in [1.165, 1.54) is 5.56 Å². The van der Waals surface area contributed by atoms with E-state index in [-0.39, 0.29) is 0 Å². The fraction of sp³-hybridized carbons (Fsp3) is 0.100. The molecule has 0 unspecified atom stereocenters. The summed E-state index contributed by atoms with van der Waals surface area (Å²) in [5.74, 6) is 0. The number of hydrogen-bond acceptors (Lipinski definition) is 0. The molecule has 1 aromatic rings. The van der Waals surface area contributed by atoms with E-state index in [0.29, 0.717) is 0 Å². The highest BCUT2D eigenvalue weighted by atomic mass is 14.0. The van der Waals surface area contributed by atoms with E-state index in [0.717, 1.165) is 11.1 Å². The fourth-order valence-electron chi connectivity index (χ4n) is 0.934. The normalized spacial score (nSPS) is 9.30. The van der Waals surface area contributed by atoms with Crippen molar-refractivity contribution in [3.63, 3.8) is 0 Å². The lowest BCUT2D eigenvalue weighted by Crippen LogP contribution is -1.80. The maximum absolute atomic E-state index is 3.88. The van der Waals surface area contributed by atoms with Gasteiger partial charge < -0.3 is 0 Å². The fourth-order valence-corrected chi connectivity index (χ4v) is 0.934. The summed E-state index contributed by atoms with van der Waals surface area (Å²) < 4.78 is 0. The van der Waals surface area contributed by atoms with Gasteiger partial charge in [0.15, 0.2) is 0 Å². The molecule has 10 heavy (non-hydrogen) atoms. The van der Waals surface area contributed by atoms with Crippen LogP contribution in [-0.2, 0) is 0 Å². The largest absolute Gasteiger partial charge is 0.134 e. The first kappa shape index (κ1) is 6.94. The lowest BCUT2D eigenvalue weighted by atomic mass is 10.1. The molecule has 0 spiro atoms. The van der Waals surface area contributed by atoms with Gasteiger partial charge in [0.05, 0.1) is 5.56 Å². The summed E-state index contributed by atoms with van der Waals surface area (Å²) in [4.78, 5) is 0. The van der Waals surface area contributed by atoms with Crippen molar-refractivity contribution in [1.29, 1.82) is 0 Å².